The molecular formula is C27H30N2O3. The maximum Gasteiger partial charge on any atom is 0.253 e. The quantitative estimate of drug-likeness (QED) is 0.603. The summed E-state index contributed by atoms with van der Waals surface area (Å²) >= 11 is 0. The summed E-state index contributed by atoms with van der Waals surface area (Å²) in [6.45, 7) is 2.45. The molecule has 0 bridgehead atoms. The Balaban J connectivity index is 1.33. The van der Waals surface area contributed by atoms with E-state index in [2.05, 4.69) is 36.2 Å². The highest BCUT2D eigenvalue weighted by atomic mass is 16.3. The minimum absolute atomic E-state index is 0.0389. The zero-order chi connectivity index (χ0) is 22.5. The maximum atomic E-state index is 13.0. The Morgan fingerprint density at radius 3 is 2.31 bits per heavy atom. The summed E-state index contributed by atoms with van der Waals surface area (Å²) in [5, 5.41) is 19.9. The largest absolute Gasteiger partial charge is 0.508 e. The summed E-state index contributed by atoms with van der Waals surface area (Å²) in [6, 6.07) is 22.7. The first-order chi connectivity index (χ1) is 15.5. The SMILES string of the molecule is CN(CCc1ccccc1)C1CCN(C(=O)c2ccc(-c3ccc(O)cc3)c(O)c2)CC1. The van der Waals surface area contributed by atoms with E-state index in [-0.39, 0.29) is 17.4 Å². The third kappa shape index (κ3) is 5.11. The van der Waals surface area contributed by atoms with Crippen molar-refractivity contribution < 1.29 is 15.0 Å². The normalized spacial score (nSPS) is 14.6. The van der Waals surface area contributed by atoms with Crippen molar-refractivity contribution in [2.24, 2.45) is 0 Å². The molecule has 0 aliphatic carbocycles. The Bertz CT molecular complexity index is 1040. The Labute approximate surface area is 189 Å². The molecule has 0 spiro atoms. The van der Waals surface area contributed by atoms with Crippen LogP contribution in [0.1, 0.15) is 28.8 Å². The van der Waals surface area contributed by atoms with Crippen LogP contribution in [0.5, 0.6) is 11.5 Å². The maximum absolute atomic E-state index is 13.0. The number of piperidine rings is 1. The number of likely N-dealkylation sites (tertiary alicyclic amines) is 1. The van der Waals surface area contributed by atoms with Gasteiger partial charge in [-0.05, 0) is 67.8 Å². The highest BCUT2D eigenvalue weighted by Gasteiger charge is 2.26. The average Bonchev–Trinajstić information content (AvgIpc) is 2.83. The van der Waals surface area contributed by atoms with E-state index in [4.69, 9.17) is 0 Å². The molecule has 0 saturated carbocycles. The second-order valence-corrected chi connectivity index (χ2v) is 8.52. The van der Waals surface area contributed by atoms with Gasteiger partial charge < -0.3 is 20.0 Å². The fraction of sp³-hybridized carbons (Fsp3) is 0.296. The Morgan fingerprint density at radius 2 is 1.66 bits per heavy atom. The summed E-state index contributed by atoms with van der Waals surface area (Å²) in [4.78, 5) is 17.3. The number of rotatable bonds is 6. The first kappa shape index (κ1) is 21.9. The third-order valence-corrected chi connectivity index (χ3v) is 6.39. The van der Waals surface area contributed by atoms with Gasteiger partial charge in [0.1, 0.15) is 11.5 Å². The van der Waals surface area contributed by atoms with Crippen molar-refractivity contribution in [3.05, 3.63) is 83.9 Å². The number of hydrogen-bond acceptors (Lipinski definition) is 4. The molecule has 3 aromatic carbocycles. The van der Waals surface area contributed by atoms with Gasteiger partial charge in [0, 0.05) is 36.8 Å². The number of carbonyl (C=O) groups excluding carboxylic acids is 1. The number of phenols is 2. The van der Waals surface area contributed by atoms with Crippen LogP contribution in [0, 0.1) is 0 Å². The summed E-state index contributed by atoms with van der Waals surface area (Å²) in [5.74, 6) is 0.203. The molecule has 1 aliphatic heterocycles. The van der Waals surface area contributed by atoms with Crippen molar-refractivity contribution in [2.45, 2.75) is 25.3 Å². The second kappa shape index (κ2) is 9.88. The van der Waals surface area contributed by atoms with Crippen LogP contribution in [0.4, 0.5) is 0 Å². The smallest absolute Gasteiger partial charge is 0.253 e. The number of aromatic hydroxyl groups is 2. The Kier molecular flexibility index (Phi) is 6.76. The van der Waals surface area contributed by atoms with E-state index in [1.165, 1.54) is 5.56 Å². The van der Waals surface area contributed by atoms with Gasteiger partial charge in [0.15, 0.2) is 0 Å². The standard InChI is InChI=1S/C27H30N2O3/c1-28(16-13-20-5-3-2-4-6-20)23-14-17-29(18-15-23)27(32)22-9-12-25(26(31)19-22)21-7-10-24(30)11-8-21/h2-12,19,23,30-31H,13-18H2,1H3. The summed E-state index contributed by atoms with van der Waals surface area (Å²) in [6.07, 6.45) is 2.94. The molecule has 1 fully saturated rings. The fourth-order valence-electron chi connectivity index (χ4n) is 4.37. The van der Waals surface area contributed by atoms with E-state index in [1.54, 1.807) is 42.5 Å². The third-order valence-electron chi connectivity index (χ3n) is 6.39. The second-order valence-electron chi connectivity index (χ2n) is 8.52. The predicted octanol–water partition coefficient (Wildman–Crippen LogP) is 4.54. The lowest BCUT2D eigenvalue weighted by molar-refractivity contribution is 0.0646. The molecular weight excluding hydrogens is 400 g/mol. The molecule has 1 aliphatic rings. The summed E-state index contributed by atoms with van der Waals surface area (Å²) < 4.78 is 0. The highest BCUT2D eigenvalue weighted by molar-refractivity contribution is 5.95. The number of amides is 1. The van der Waals surface area contributed by atoms with Gasteiger partial charge in [0.25, 0.3) is 5.91 Å². The molecule has 5 nitrogen and oxygen atoms in total. The first-order valence-corrected chi connectivity index (χ1v) is 11.2. The van der Waals surface area contributed by atoms with Crippen molar-refractivity contribution in [1.29, 1.82) is 0 Å². The molecule has 1 amide bonds. The number of likely N-dealkylation sites (N-methyl/N-ethyl adjacent to an activating group) is 1. The lowest BCUT2D eigenvalue weighted by atomic mass is 10.00. The van der Waals surface area contributed by atoms with E-state index >= 15 is 0 Å². The van der Waals surface area contributed by atoms with Gasteiger partial charge in [-0.2, -0.15) is 0 Å². The molecule has 0 atom stereocenters. The van der Waals surface area contributed by atoms with Gasteiger partial charge in [-0.3, -0.25) is 4.79 Å². The highest BCUT2D eigenvalue weighted by Crippen LogP contribution is 2.31. The molecule has 3 aromatic rings. The molecule has 0 radical (unpaired) electrons. The minimum Gasteiger partial charge on any atom is -0.508 e. The van der Waals surface area contributed by atoms with E-state index in [0.29, 0.717) is 17.2 Å². The van der Waals surface area contributed by atoms with Gasteiger partial charge in [-0.15, -0.1) is 0 Å². The van der Waals surface area contributed by atoms with Gasteiger partial charge in [-0.25, -0.2) is 0 Å². The van der Waals surface area contributed by atoms with E-state index in [1.807, 2.05) is 11.0 Å². The van der Waals surface area contributed by atoms with Crippen molar-refractivity contribution in [3.63, 3.8) is 0 Å². The molecule has 4 rings (SSSR count). The van der Waals surface area contributed by atoms with Crippen molar-refractivity contribution in [3.8, 4) is 22.6 Å². The lowest BCUT2D eigenvalue weighted by Crippen LogP contribution is -2.46. The summed E-state index contributed by atoms with van der Waals surface area (Å²) in [5.41, 5.74) is 3.28. The van der Waals surface area contributed by atoms with Crippen molar-refractivity contribution in [1.82, 2.24) is 9.80 Å². The molecule has 0 aromatic heterocycles. The van der Waals surface area contributed by atoms with Crippen LogP contribution in [-0.4, -0.2) is 58.6 Å². The lowest BCUT2D eigenvalue weighted by Gasteiger charge is -2.37. The monoisotopic (exact) mass is 430 g/mol. The summed E-state index contributed by atoms with van der Waals surface area (Å²) in [7, 11) is 2.17. The number of phenolic OH excluding ortho intramolecular Hbond substituents is 2. The van der Waals surface area contributed by atoms with Crippen LogP contribution < -0.4 is 0 Å². The average molecular weight is 431 g/mol. The van der Waals surface area contributed by atoms with Crippen molar-refractivity contribution >= 4 is 5.91 Å². The van der Waals surface area contributed by atoms with Gasteiger partial charge in [0.05, 0.1) is 0 Å². The first-order valence-electron chi connectivity index (χ1n) is 11.2. The van der Waals surface area contributed by atoms with Crippen LogP contribution in [0.3, 0.4) is 0 Å². The molecule has 166 valence electrons. The molecule has 5 heteroatoms. The molecule has 1 heterocycles. The van der Waals surface area contributed by atoms with Gasteiger partial charge in [-0.1, -0.05) is 42.5 Å². The van der Waals surface area contributed by atoms with Crippen LogP contribution in [0.2, 0.25) is 0 Å². The topological polar surface area (TPSA) is 64.0 Å². The number of carbonyl (C=O) groups is 1. The van der Waals surface area contributed by atoms with Crippen LogP contribution in [0.15, 0.2) is 72.8 Å². The minimum atomic E-state index is -0.0389. The predicted molar refractivity (Wildman–Crippen MR) is 127 cm³/mol. The zero-order valence-corrected chi connectivity index (χ0v) is 18.4. The van der Waals surface area contributed by atoms with Crippen molar-refractivity contribution in [2.75, 3.05) is 26.7 Å². The number of nitrogens with zero attached hydrogens (tertiary/aromatic N) is 2. The number of benzene rings is 3. The van der Waals surface area contributed by atoms with Crippen LogP contribution in [-0.2, 0) is 6.42 Å². The van der Waals surface area contributed by atoms with E-state index in [0.717, 1.165) is 44.5 Å². The molecule has 0 unspecified atom stereocenters. The molecule has 2 N–H and O–H groups in total. The van der Waals surface area contributed by atoms with Gasteiger partial charge in [0.2, 0.25) is 0 Å². The van der Waals surface area contributed by atoms with Crippen LogP contribution >= 0.6 is 0 Å². The Morgan fingerprint density at radius 1 is 0.969 bits per heavy atom. The van der Waals surface area contributed by atoms with E-state index < -0.39 is 0 Å². The fourth-order valence-corrected chi connectivity index (χ4v) is 4.37. The molecule has 1 saturated heterocycles. The van der Waals surface area contributed by atoms with Crippen LogP contribution in [0.25, 0.3) is 11.1 Å². The van der Waals surface area contributed by atoms with E-state index in [9.17, 15) is 15.0 Å². The molecule has 32 heavy (non-hydrogen) atoms. The Hall–Kier alpha value is -3.31. The van der Waals surface area contributed by atoms with Gasteiger partial charge >= 0.3 is 0 Å². The number of hydrogen-bond donors (Lipinski definition) is 2. The zero-order valence-electron chi connectivity index (χ0n) is 18.4.